The van der Waals surface area contributed by atoms with Crippen LogP contribution in [-0.4, -0.2) is 37.6 Å². The molecule has 0 saturated carbocycles. The van der Waals surface area contributed by atoms with E-state index in [1.807, 2.05) is 49.1 Å². The third-order valence-corrected chi connectivity index (χ3v) is 4.27. The summed E-state index contributed by atoms with van der Waals surface area (Å²) in [7, 11) is 1.66. The van der Waals surface area contributed by atoms with Crippen molar-refractivity contribution in [2.75, 3.05) is 26.7 Å². The van der Waals surface area contributed by atoms with Crippen LogP contribution in [0, 0.1) is 13.8 Å². The predicted molar refractivity (Wildman–Crippen MR) is 87.8 cm³/mol. The molecule has 1 saturated heterocycles. The van der Waals surface area contributed by atoms with Crippen LogP contribution in [0.2, 0.25) is 0 Å². The van der Waals surface area contributed by atoms with Crippen molar-refractivity contribution < 1.29 is 13.9 Å². The lowest BCUT2D eigenvalue weighted by molar-refractivity contribution is 0.0630. The Labute approximate surface area is 136 Å². The van der Waals surface area contributed by atoms with Crippen LogP contribution in [-0.2, 0) is 0 Å². The van der Waals surface area contributed by atoms with Gasteiger partial charge in [0.15, 0.2) is 0 Å². The highest BCUT2D eigenvalue weighted by Crippen LogP contribution is 2.31. The number of carbonyl (C=O) groups is 1. The van der Waals surface area contributed by atoms with Gasteiger partial charge in [-0.05, 0) is 26.0 Å². The first-order valence-electron chi connectivity index (χ1n) is 7.83. The summed E-state index contributed by atoms with van der Waals surface area (Å²) in [6, 6.07) is 9.63. The lowest BCUT2D eigenvalue weighted by Crippen LogP contribution is -2.48. The molecule has 1 atom stereocenters. The molecule has 1 aromatic carbocycles. The molecule has 0 aliphatic carbocycles. The van der Waals surface area contributed by atoms with E-state index in [4.69, 9.17) is 9.15 Å². The SMILES string of the molecule is COc1ccccc1C1CNCCN1C(=O)c1cc(C)oc1C. The molecule has 1 N–H and O–H groups in total. The maximum atomic E-state index is 13.0. The number of methoxy groups -OCH3 is 1. The van der Waals surface area contributed by atoms with E-state index in [0.717, 1.165) is 23.6 Å². The molecule has 23 heavy (non-hydrogen) atoms. The summed E-state index contributed by atoms with van der Waals surface area (Å²) in [5, 5.41) is 3.37. The molecule has 5 nitrogen and oxygen atoms in total. The first-order chi connectivity index (χ1) is 11.1. The second-order valence-corrected chi connectivity index (χ2v) is 5.79. The van der Waals surface area contributed by atoms with Crippen LogP contribution >= 0.6 is 0 Å². The average molecular weight is 314 g/mol. The number of piperazine rings is 1. The number of amides is 1. The highest BCUT2D eigenvalue weighted by molar-refractivity contribution is 5.95. The van der Waals surface area contributed by atoms with Gasteiger partial charge in [0, 0.05) is 25.2 Å². The highest BCUT2D eigenvalue weighted by Gasteiger charge is 2.31. The maximum Gasteiger partial charge on any atom is 0.258 e. The van der Waals surface area contributed by atoms with Crippen LogP contribution in [0.4, 0.5) is 0 Å². The van der Waals surface area contributed by atoms with Gasteiger partial charge in [0.1, 0.15) is 17.3 Å². The molecular formula is C18H22N2O3. The first kappa shape index (κ1) is 15.6. The smallest absolute Gasteiger partial charge is 0.258 e. The minimum absolute atomic E-state index is 0.0109. The van der Waals surface area contributed by atoms with Crippen LogP contribution in [0.5, 0.6) is 5.75 Å². The van der Waals surface area contributed by atoms with Crippen LogP contribution in [0.1, 0.15) is 33.5 Å². The largest absolute Gasteiger partial charge is 0.496 e. The lowest BCUT2D eigenvalue weighted by Gasteiger charge is -2.37. The number of hydrogen-bond donors (Lipinski definition) is 1. The van der Waals surface area contributed by atoms with E-state index in [1.165, 1.54) is 0 Å². The quantitative estimate of drug-likeness (QED) is 0.946. The van der Waals surface area contributed by atoms with Crippen molar-refractivity contribution in [2.24, 2.45) is 0 Å². The molecule has 0 spiro atoms. The van der Waals surface area contributed by atoms with Crippen molar-refractivity contribution >= 4 is 5.91 Å². The lowest BCUT2D eigenvalue weighted by atomic mass is 10.0. The third kappa shape index (κ3) is 2.97. The Morgan fingerprint density at radius 2 is 2.13 bits per heavy atom. The van der Waals surface area contributed by atoms with E-state index in [1.54, 1.807) is 7.11 Å². The number of para-hydroxylation sites is 1. The molecule has 1 aliphatic rings. The first-order valence-corrected chi connectivity index (χ1v) is 7.83. The van der Waals surface area contributed by atoms with Gasteiger partial charge in [0.2, 0.25) is 0 Å². The van der Waals surface area contributed by atoms with Gasteiger partial charge in [0.25, 0.3) is 5.91 Å². The number of nitrogens with one attached hydrogen (secondary N) is 1. The Hall–Kier alpha value is -2.27. The van der Waals surface area contributed by atoms with Crippen molar-refractivity contribution in [1.29, 1.82) is 0 Å². The number of hydrogen-bond acceptors (Lipinski definition) is 4. The summed E-state index contributed by atoms with van der Waals surface area (Å²) < 4.78 is 11.0. The molecular weight excluding hydrogens is 292 g/mol. The number of ether oxygens (including phenoxy) is 1. The summed E-state index contributed by atoms with van der Waals surface area (Å²) in [6.07, 6.45) is 0. The van der Waals surface area contributed by atoms with Crippen LogP contribution in [0.15, 0.2) is 34.7 Å². The molecule has 2 aromatic rings. The van der Waals surface area contributed by atoms with E-state index in [-0.39, 0.29) is 11.9 Å². The fourth-order valence-electron chi connectivity index (χ4n) is 3.16. The molecule has 1 unspecified atom stereocenters. The third-order valence-electron chi connectivity index (χ3n) is 4.27. The summed E-state index contributed by atoms with van der Waals surface area (Å²) in [5.74, 6) is 2.25. The van der Waals surface area contributed by atoms with Crippen molar-refractivity contribution in [1.82, 2.24) is 10.2 Å². The van der Waals surface area contributed by atoms with Crippen molar-refractivity contribution in [3.05, 3.63) is 53.0 Å². The highest BCUT2D eigenvalue weighted by atomic mass is 16.5. The second-order valence-electron chi connectivity index (χ2n) is 5.79. The minimum Gasteiger partial charge on any atom is -0.496 e. The van der Waals surface area contributed by atoms with Crippen LogP contribution < -0.4 is 10.1 Å². The van der Waals surface area contributed by atoms with E-state index >= 15 is 0 Å². The van der Waals surface area contributed by atoms with Crippen LogP contribution in [0.3, 0.4) is 0 Å². The van der Waals surface area contributed by atoms with Gasteiger partial charge in [-0.1, -0.05) is 18.2 Å². The van der Waals surface area contributed by atoms with Crippen molar-refractivity contribution in [2.45, 2.75) is 19.9 Å². The number of rotatable bonds is 3. The minimum atomic E-state index is -0.0537. The molecule has 0 bridgehead atoms. The Kier molecular flexibility index (Phi) is 4.39. The van der Waals surface area contributed by atoms with Crippen molar-refractivity contribution in [3.63, 3.8) is 0 Å². The molecule has 1 aliphatic heterocycles. The van der Waals surface area contributed by atoms with Gasteiger partial charge < -0.3 is 19.4 Å². The summed E-state index contributed by atoms with van der Waals surface area (Å²) >= 11 is 0. The van der Waals surface area contributed by atoms with Gasteiger partial charge in [-0.3, -0.25) is 4.79 Å². The fourth-order valence-corrected chi connectivity index (χ4v) is 3.16. The molecule has 5 heteroatoms. The van der Waals surface area contributed by atoms with E-state index in [0.29, 0.717) is 24.4 Å². The molecule has 1 amide bonds. The zero-order valence-corrected chi connectivity index (χ0v) is 13.8. The van der Waals surface area contributed by atoms with Crippen LogP contribution in [0.25, 0.3) is 0 Å². The molecule has 1 aromatic heterocycles. The Bertz CT molecular complexity index is 708. The molecule has 3 rings (SSSR count). The Morgan fingerprint density at radius 1 is 1.35 bits per heavy atom. The van der Waals surface area contributed by atoms with Gasteiger partial charge in [0.05, 0.1) is 18.7 Å². The number of furan rings is 1. The predicted octanol–water partition coefficient (Wildman–Crippen LogP) is 2.69. The van der Waals surface area contributed by atoms with E-state index < -0.39 is 0 Å². The Balaban J connectivity index is 1.96. The fraction of sp³-hybridized carbons (Fsp3) is 0.389. The van der Waals surface area contributed by atoms with E-state index in [2.05, 4.69) is 5.32 Å². The maximum absolute atomic E-state index is 13.0. The number of nitrogens with zero attached hydrogens (tertiary/aromatic N) is 1. The zero-order chi connectivity index (χ0) is 16.4. The number of benzene rings is 1. The molecule has 1 fully saturated rings. The molecule has 2 heterocycles. The standard InChI is InChI=1S/C18H22N2O3/c1-12-10-15(13(2)23-12)18(21)20-9-8-19-11-16(20)14-6-4-5-7-17(14)22-3/h4-7,10,16,19H,8-9,11H2,1-3H3. The summed E-state index contributed by atoms with van der Waals surface area (Å²) in [5.41, 5.74) is 1.66. The monoisotopic (exact) mass is 314 g/mol. The average Bonchev–Trinajstić information content (AvgIpc) is 2.92. The second kappa shape index (κ2) is 6.46. The Morgan fingerprint density at radius 3 is 2.83 bits per heavy atom. The van der Waals surface area contributed by atoms with Gasteiger partial charge in [-0.15, -0.1) is 0 Å². The number of aryl methyl sites for hydroxylation is 2. The van der Waals surface area contributed by atoms with Gasteiger partial charge >= 0.3 is 0 Å². The summed E-state index contributed by atoms with van der Waals surface area (Å²) in [6.45, 7) is 5.85. The topological polar surface area (TPSA) is 54.7 Å². The zero-order valence-electron chi connectivity index (χ0n) is 13.8. The number of carbonyl (C=O) groups excluding carboxylic acids is 1. The molecule has 0 radical (unpaired) electrons. The van der Waals surface area contributed by atoms with E-state index in [9.17, 15) is 4.79 Å². The normalized spacial score (nSPS) is 18.0. The van der Waals surface area contributed by atoms with Gasteiger partial charge in [-0.2, -0.15) is 0 Å². The van der Waals surface area contributed by atoms with Crippen molar-refractivity contribution in [3.8, 4) is 5.75 Å². The van der Waals surface area contributed by atoms with Gasteiger partial charge in [-0.25, -0.2) is 0 Å². The summed E-state index contributed by atoms with van der Waals surface area (Å²) in [4.78, 5) is 14.9. The molecule has 122 valence electrons.